The fourth-order valence-corrected chi connectivity index (χ4v) is 3.23. The zero-order valence-corrected chi connectivity index (χ0v) is 13.6. The van der Waals surface area contributed by atoms with Gasteiger partial charge in [0.05, 0.1) is 16.1 Å². The first-order valence-electron chi connectivity index (χ1n) is 5.98. The summed E-state index contributed by atoms with van der Waals surface area (Å²) < 4.78 is 27.0. The fraction of sp³-hybridized carbons (Fsp3) is 0.500. The molecule has 0 spiro atoms. The lowest BCUT2D eigenvalue weighted by Crippen LogP contribution is -2.57. The van der Waals surface area contributed by atoms with E-state index in [0.29, 0.717) is 0 Å². The van der Waals surface area contributed by atoms with Crippen LogP contribution in [0.25, 0.3) is 0 Å². The van der Waals surface area contributed by atoms with Gasteiger partial charge >= 0.3 is 0 Å². The second kappa shape index (κ2) is 5.53. The molecule has 0 aliphatic rings. The Morgan fingerprint density at radius 3 is 2.24 bits per heavy atom. The van der Waals surface area contributed by atoms with Crippen molar-refractivity contribution < 1.29 is 18.4 Å². The van der Waals surface area contributed by atoms with Crippen LogP contribution in [0.5, 0.6) is 0 Å². The number of rotatable bonds is 5. The maximum absolute atomic E-state index is 12.4. The Kier molecular flexibility index (Phi) is 4.69. The van der Waals surface area contributed by atoms with E-state index in [-0.39, 0.29) is 5.02 Å². The lowest BCUT2D eigenvalue weighted by atomic mass is 9.87. The molecule has 0 amide bonds. The van der Waals surface area contributed by atoms with Gasteiger partial charge in [-0.1, -0.05) is 11.6 Å². The number of nitro benzene ring substituents is 1. The Hall–Kier alpha value is -1.22. The first-order chi connectivity index (χ1) is 9.28. The molecule has 1 aromatic carbocycles. The number of nitrogens with one attached hydrogen (secondary N) is 1. The highest BCUT2D eigenvalue weighted by Gasteiger charge is 2.40. The van der Waals surface area contributed by atoms with Crippen LogP contribution < -0.4 is 4.72 Å². The third-order valence-electron chi connectivity index (χ3n) is 3.33. The Bertz CT molecular complexity index is 665. The van der Waals surface area contributed by atoms with Crippen LogP contribution in [0.15, 0.2) is 23.1 Å². The molecule has 1 aromatic rings. The summed E-state index contributed by atoms with van der Waals surface area (Å²) in [6.07, 6.45) is 0. The average Bonchev–Trinajstić information content (AvgIpc) is 2.25. The summed E-state index contributed by atoms with van der Waals surface area (Å²) in [4.78, 5) is 9.66. The van der Waals surface area contributed by atoms with Crippen molar-refractivity contribution >= 4 is 27.3 Å². The third kappa shape index (κ3) is 3.91. The summed E-state index contributed by atoms with van der Waals surface area (Å²) in [5.41, 5.74) is -3.23. The van der Waals surface area contributed by atoms with Crippen LogP contribution in [0.1, 0.15) is 27.7 Å². The maximum Gasteiger partial charge on any atom is 0.290 e. The minimum absolute atomic E-state index is 0.0578. The zero-order valence-electron chi connectivity index (χ0n) is 12.0. The van der Waals surface area contributed by atoms with Gasteiger partial charge in [-0.25, -0.2) is 13.1 Å². The first-order valence-corrected chi connectivity index (χ1v) is 7.84. The van der Waals surface area contributed by atoms with E-state index < -0.39 is 36.7 Å². The van der Waals surface area contributed by atoms with Crippen molar-refractivity contribution in [3.05, 3.63) is 33.3 Å². The number of nitro groups is 1. The van der Waals surface area contributed by atoms with Crippen molar-refractivity contribution in [3.8, 4) is 0 Å². The fourth-order valence-electron chi connectivity index (χ4n) is 1.38. The van der Waals surface area contributed by atoms with E-state index >= 15 is 0 Å². The standard InChI is InChI=1S/C12H17ClN2O5S/c1-11(2,12(3,4)16)14-21(19,20)10-6-5-8(13)7-9(10)15(17)18/h5-7,14,16H,1-4H3. The number of halogens is 1. The van der Waals surface area contributed by atoms with E-state index in [9.17, 15) is 23.6 Å². The van der Waals surface area contributed by atoms with Gasteiger partial charge in [0.15, 0.2) is 4.90 Å². The molecule has 0 radical (unpaired) electrons. The Labute approximate surface area is 128 Å². The summed E-state index contributed by atoms with van der Waals surface area (Å²) in [5, 5.41) is 21.0. The highest BCUT2D eigenvalue weighted by atomic mass is 35.5. The van der Waals surface area contributed by atoms with Gasteiger partial charge in [0.25, 0.3) is 5.69 Å². The SMILES string of the molecule is CC(C)(O)C(C)(C)NS(=O)(=O)c1ccc(Cl)cc1[N+](=O)[O-]. The summed E-state index contributed by atoms with van der Waals surface area (Å²) >= 11 is 5.66. The van der Waals surface area contributed by atoms with Crippen molar-refractivity contribution in [2.24, 2.45) is 0 Å². The van der Waals surface area contributed by atoms with Crippen LogP contribution in [0, 0.1) is 10.1 Å². The monoisotopic (exact) mass is 336 g/mol. The van der Waals surface area contributed by atoms with Crippen LogP contribution in [-0.2, 0) is 10.0 Å². The molecule has 0 aliphatic carbocycles. The number of nitrogens with zero attached hydrogens (tertiary/aromatic N) is 1. The Morgan fingerprint density at radius 1 is 1.29 bits per heavy atom. The van der Waals surface area contributed by atoms with E-state index in [1.54, 1.807) is 0 Å². The Morgan fingerprint density at radius 2 is 1.81 bits per heavy atom. The molecule has 7 nitrogen and oxygen atoms in total. The summed E-state index contributed by atoms with van der Waals surface area (Å²) in [6.45, 7) is 5.83. The predicted molar refractivity (Wildman–Crippen MR) is 78.8 cm³/mol. The summed E-state index contributed by atoms with van der Waals surface area (Å²) in [5.74, 6) is 0. The van der Waals surface area contributed by atoms with Gasteiger partial charge in [-0.05, 0) is 39.8 Å². The molecular weight excluding hydrogens is 320 g/mol. The number of benzene rings is 1. The minimum Gasteiger partial charge on any atom is -0.389 e. The molecule has 1 rings (SSSR count). The first kappa shape index (κ1) is 17.8. The van der Waals surface area contributed by atoms with Gasteiger partial charge in [-0.15, -0.1) is 0 Å². The van der Waals surface area contributed by atoms with Gasteiger partial charge in [0.1, 0.15) is 0 Å². The van der Waals surface area contributed by atoms with Crippen LogP contribution in [-0.4, -0.2) is 29.6 Å². The molecule has 0 saturated carbocycles. The number of aliphatic hydroxyl groups is 1. The quantitative estimate of drug-likeness (QED) is 0.632. The largest absolute Gasteiger partial charge is 0.389 e. The predicted octanol–water partition coefficient (Wildman–Crippen LogP) is 2.08. The molecule has 0 aromatic heterocycles. The molecule has 118 valence electrons. The summed E-state index contributed by atoms with van der Waals surface area (Å²) in [7, 11) is -4.20. The second-order valence-electron chi connectivity index (χ2n) is 5.66. The van der Waals surface area contributed by atoms with Crippen LogP contribution >= 0.6 is 11.6 Å². The topological polar surface area (TPSA) is 110 Å². The lowest BCUT2D eigenvalue weighted by Gasteiger charge is -2.37. The van der Waals surface area contributed by atoms with E-state index in [4.69, 9.17) is 11.6 Å². The molecule has 9 heteroatoms. The van der Waals surface area contributed by atoms with Gasteiger partial charge in [-0.3, -0.25) is 10.1 Å². The van der Waals surface area contributed by atoms with Crippen molar-refractivity contribution in [3.63, 3.8) is 0 Å². The molecule has 0 atom stereocenters. The molecular formula is C12H17ClN2O5S. The molecule has 0 unspecified atom stereocenters. The van der Waals surface area contributed by atoms with Gasteiger partial charge in [-0.2, -0.15) is 0 Å². The highest BCUT2D eigenvalue weighted by Crippen LogP contribution is 2.29. The molecule has 0 saturated heterocycles. The molecule has 0 aliphatic heterocycles. The smallest absolute Gasteiger partial charge is 0.290 e. The average molecular weight is 337 g/mol. The second-order valence-corrected chi connectivity index (χ2v) is 7.75. The van der Waals surface area contributed by atoms with E-state index in [0.717, 1.165) is 12.1 Å². The van der Waals surface area contributed by atoms with Crippen LogP contribution in [0.2, 0.25) is 5.02 Å². The van der Waals surface area contributed by atoms with Crippen molar-refractivity contribution in [1.29, 1.82) is 0 Å². The molecule has 0 fully saturated rings. The highest BCUT2D eigenvalue weighted by molar-refractivity contribution is 7.89. The van der Waals surface area contributed by atoms with Gasteiger partial charge < -0.3 is 5.11 Å². The third-order valence-corrected chi connectivity index (χ3v) is 5.26. The minimum atomic E-state index is -4.20. The summed E-state index contributed by atoms with van der Waals surface area (Å²) in [6, 6.07) is 3.27. The number of hydrogen-bond donors (Lipinski definition) is 2. The van der Waals surface area contributed by atoms with E-state index in [2.05, 4.69) is 4.72 Å². The molecule has 0 bridgehead atoms. The zero-order chi connectivity index (χ0) is 16.6. The van der Waals surface area contributed by atoms with Gasteiger partial charge in [0.2, 0.25) is 10.0 Å². The van der Waals surface area contributed by atoms with Crippen molar-refractivity contribution in [1.82, 2.24) is 4.72 Å². The van der Waals surface area contributed by atoms with Crippen molar-refractivity contribution in [2.75, 3.05) is 0 Å². The number of hydrogen-bond acceptors (Lipinski definition) is 5. The number of sulfonamides is 1. The van der Waals surface area contributed by atoms with Crippen molar-refractivity contribution in [2.45, 2.75) is 43.7 Å². The van der Waals surface area contributed by atoms with Crippen LogP contribution in [0.3, 0.4) is 0 Å². The normalized spacial score (nSPS) is 13.2. The lowest BCUT2D eigenvalue weighted by molar-refractivity contribution is -0.387. The van der Waals surface area contributed by atoms with E-state index in [1.807, 2.05) is 0 Å². The molecule has 2 N–H and O–H groups in total. The molecule has 0 heterocycles. The Balaban J connectivity index is 3.37. The maximum atomic E-state index is 12.4. The van der Waals surface area contributed by atoms with Crippen LogP contribution in [0.4, 0.5) is 5.69 Å². The van der Waals surface area contributed by atoms with E-state index in [1.165, 1.54) is 33.8 Å². The van der Waals surface area contributed by atoms with Gasteiger partial charge in [0, 0.05) is 11.1 Å². The molecule has 21 heavy (non-hydrogen) atoms.